The Bertz CT molecular complexity index is 388. The van der Waals surface area contributed by atoms with Crippen molar-refractivity contribution in [3.05, 3.63) is 29.6 Å². The highest BCUT2D eigenvalue weighted by Crippen LogP contribution is 2.25. The molecule has 1 unspecified atom stereocenters. The van der Waals surface area contributed by atoms with Crippen LogP contribution in [0.1, 0.15) is 31.1 Å². The molecule has 1 rings (SSSR count). The largest absolute Gasteiger partial charge is 0.486 e. The third kappa shape index (κ3) is 2.72. The van der Waals surface area contributed by atoms with Crippen molar-refractivity contribution in [3.63, 3.8) is 0 Å². The molecule has 0 saturated heterocycles. The Morgan fingerprint density at radius 2 is 2.00 bits per heavy atom. The van der Waals surface area contributed by atoms with Gasteiger partial charge in [0.15, 0.2) is 11.6 Å². The molecule has 0 bridgehead atoms. The lowest BCUT2D eigenvalue weighted by Gasteiger charge is -2.19. The van der Waals surface area contributed by atoms with Gasteiger partial charge < -0.3 is 9.84 Å². The van der Waals surface area contributed by atoms with Gasteiger partial charge in [-0.2, -0.15) is 0 Å². The van der Waals surface area contributed by atoms with E-state index in [1.54, 1.807) is 6.92 Å². The molecule has 1 N–H and O–H groups in total. The first-order valence-corrected chi connectivity index (χ1v) is 5.12. The standard InChI is InChI=1S/C12H15FO3/c1-7(2)8(3)16-11-9(12(14)15)5-4-6-10(11)13/h4-8H,1-3H3,(H,14,15). The molecule has 0 aromatic heterocycles. The summed E-state index contributed by atoms with van der Waals surface area (Å²) < 4.78 is 18.8. The first-order valence-electron chi connectivity index (χ1n) is 5.12. The number of rotatable bonds is 4. The summed E-state index contributed by atoms with van der Waals surface area (Å²) in [6.45, 7) is 5.63. The predicted molar refractivity (Wildman–Crippen MR) is 58.3 cm³/mol. The quantitative estimate of drug-likeness (QED) is 0.858. The van der Waals surface area contributed by atoms with Gasteiger partial charge in [-0.1, -0.05) is 19.9 Å². The summed E-state index contributed by atoms with van der Waals surface area (Å²) in [4.78, 5) is 10.9. The van der Waals surface area contributed by atoms with Crippen LogP contribution in [0.3, 0.4) is 0 Å². The van der Waals surface area contributed by atoms with E-state index in [9.17, 15) is 9.18 Å². The van der Waals surface area contributed by atoms with Crippen LogP contribution in [-0.4, -0.2) is 17.2 Å². The molecule has 0 aliphatic heterocycles. The molecular formula is C12H15FO3. The molecule has 1 aromatic carbocycles. The number of aromatic carboxylic acids is 1. The van der Waals surface area contributed by atoms with Crippen LogP contribution >= 0.6 is 0 Å². The van der Waals surface area contributed by atoms with E-state index < -0.39 is 11.8 Å². The highest BCUT2D eigenvalue weighted by molar-refractivity contribution is 5.90. The number of hydrogen-bond acceptors (Lipinski definition) is 2. The molecule has 16 heavy (non-hydrogen) atoms. The summed E-state index contributed by atoms with van der Waals surface area (Å²) in [6, 6.07) is 3.87. The average molecular weight is 226 g/mol. The molecular weight excluding hydrogens is 211 g/mol. The number of halogens is 1. The lowest BCUT2D eigenvalue weighted by molar-refractivity contribution is 0.0685. The number of benzene rings is 1. The van der Waals surface area contributed by atoms with Gasteiger partial charge in [-0.3, -0.25) is 0 Å². The second-order valence-electron chi connectivity index (χ2n) is 3.99. The van der Waals surface area contributed by atoms with Crippen molar-refractivity contribution < 1.29 is 19.0 Å². The second kappa shape index (κ2) is 4.96. The molecule has 0 heterocycles. The Balaban J connectivity index is 3.06. The van der Waals surface area contributed by atoms with Gasteiger partial charge in [-0.25, -0.2) is 9.18 Å². The van der Waals surface area contributed by atoms with Crippen LogP contribution in [0.15, 0.2) is 18.2 Å². The van der Waals surface area contributed by atoms with Crippen LogP contribution in [-0.2, 0) is 0 Å². The van der Waals surface area contributed by atoms with Gasteiger partial charge in [0.1, 0.15) is 5.56 Å². The van der Waals surface area contributed by atoms with Crippen molar-refractivity contribution in [3.8, 4) is 5.75 Å². The van der Waals surface area contributed by atoms with Gasteiger partial charge in [-0.15, -0.1) is 0 Å². The third-order valence-corrected chi connectivity index (χ3v) is 2.44. The topological polar surface area (TPSA) is 46.5 Å². The van der Waals surface area contributed by atoms with Crippen LogP contribution in [0.4, 0.5) is 4.39 Å². The van der Waals surface area contributed by atoms with Crippen molar-refractivity contribution in [1.29, 1.82) is 0 Å². The van der Waals surface area contributed by atoms with Crippen LogP contribution < -0.4 is 4.74 Å². The van der Waals surface area contributed by atoms with Crippen LogP contribution in [0, 0.1) is 11.7 Å². The summed E-state index contributed by atoms with van der Waals surface area (Å²) in [5.74, 6) is -1.84. The number of para-hydroxylation sites is 1. The van der Waals surface area contributed by atoms with Gasteiger partial charge >= 0.3 is 5.97 Å². The third-order valence-electron chi connectivity index (χ3n) is 2.44. The van der Waals surface area contributed by atoms with Crippen LogP contribution in [0.5, 0.6) is 5.75 Å². The highest BCUT2D eigenvalue weighted by Gasteiger charge is 2.19. The molecule has 1 aromatic rings. The highest BCUT2D eigenvalue weighted by atomic mass is 19.1. The Kier molecular flexibility index (Phi) is 3.88. The number of carboxylic acid groups (broad SMARTS) is 1. The molecule has 0 saturated carbocycles. The number of carboxylic acids is 1. The zero-order valence-corrected chi connectivity index (χ0v) is 9.53. The molecule has 1 atom stereocenters. The fraction of sp³-hybridized carbons (Fsp3) is 0.417. The summed E-state index contributed by atoms with van der Waals surface area (Å²) >= 11 is 0. The molecule has 4 heteroatoms. The minimum Gasteiger partial charge on any atom is -0.486 e. The Morgan fingerprint density at radius 3 is 2.50 bits per heavy atom. The van der Waals surface area contributed by atoms with Gasteiger partial charge in [0, 0.05) is 0 Å². The Morgan fingerprint density at radius 1 is 1.38 bits per heavy atom. The van der Waals surface area contributed by atoms with Crippen molar-refractivity contribution >= 4 is 5.97 Å². The first-order chi connectivity index (χ1) is 7.43. The Labute approximate surface area is 93.9 Å². The lowest BCUT2D eigenvalue weighted by Crippen LogP contribution is -2.20. The maximum Gasteiger partial charge on any atom is 0.339 e. The normalized spacial score (nSPS) is 12.6. The summed E-state index contributed by atoms with van der Waals surface area (Å²) in [6.07, 6.45) is -0.241. The van der Waals surface area contributed by atoms with Crippen molar-refractivity contribution in [2.75, 3.05) is 0 Å². The Hall–Kier alpha value is -1.58. The zero-order chi connectivity index (χ0) is 12.3. The van der Waals surface area contributed by atoms with Gasteiger partial charge in [0.25, 0.3) is 0 Å². The van der Waals surface area contributed by atoms with E-state index in [1.165, 1.54) is 18.2 Å². The first kappa shape index (κ1) is 12.5. The van der Waals surface area contributed by atoms with Crippen molar-refractivity contribution in [1.82, 2.24) is 0 Å². The molecule has 0 spiro atoms. The fourth-order valence-electron chi connectivity index (χ4n) is 1.12. The monoisotopic (exact) mass is 226 g/mol. The van der Waals surface area contributed by atoms with Crippen molar-refractivity contribution in [2.24, 2.45) is 5.92 Å². The van der Waals surface area contributed by atoms with Gasteiger partial charge in [0.05, 0.1) is 6.10 Å². The predicted octanol–water partition coefficient (Wildman–Crippen LogP) is 2.95. The number of ether oxygens (including phenoxy) is 1. The maximum atomic E-state index is 13.4. The minimum atomic E-state index is -1.19. The molecule has 0 amide bonds. The van der Waals surface area contributed by atoms with E-state index >= 15 is 0 Å². The molecule has 0 aliphatic carbocycles. The molecule has 0 aliphatic rings. The average Bonchev–Trinajstić information content (AvgIpc) is 2.20. The summed E-state index contributed by atoms with van der Waals surface area (Å²) in [7, 11) is 0. The summed E-state index contributed by atoms with van der Waals surface area (Å²) in [5.41, 5.74) is -0.146. The van der Waals surface area contributed by atoms with E-state index in [1.807, 2.05) is 13.8 Å². The van der Waals surface area contributed by atoms with Gasteiger partial charge in [0.2, 0.25) is 0 Å². The van der Waals surface area contributed by atoms with Crippen LogP contribution in [0.25, 0.3) is 0 Å². The second-order valence-corrected chi connectivity index (χ2v) is 3.99. The smallest absolute Gasteiger partial charge is 0.339 e. The molecule has 0 radical (unpaired) electrons. The maximum absolute atomic E-state index is 13.4. The number of carbonyl (C=O) groups is 1. The number of hydrogen-bond donors (Lipinski definition) is 1. The lowest BCUT2D eigenvalue weighted by atomic mass is 10.1. The molecule has 3 nitrogen and oxygen atoms in total. The zero-order valence-electron chi connectivity index (χ0n) is 9.53. The van der Waals surface area contributed by atoms with Crippen LogP contribution in [0.2, 0.25) is 0 Å². The van der Waals surface area contributed by atoms with E-state index in [0.717, 1.165) is 0 Å². The minimum absolute atomic E-state index is 0.146. The molecule has 0 fully saturated rings. The van der Waals surface area contributed by atoms with E-state index in [4.69, 9.17) is 9.84 Å². The molecule has 88 valence electrons. The van der Waals surface area contributed by atoms with E-state index in [0.29, 0.717) is 0 Å². The fourth-order valence-corrected chi connectivity index (χ4v) is 1.12. The SMILES string of the molecule is CC(C)C(C)Oc1c(F)cccc1C(=O)O. The van der Waals surface area contributed by atoms with Crippen molar-refractivity contribution in [2.45, 2.75) is 26.9 Å². The van der Waals surface area contributed by atoms with E-state index in [2.05, 4.69) is 0 Å². The van der Waals surface area contributed by atoms with Gasteiger partial charge in [-0.05, 0) is 25.0 Å². The van der Waals surface area contributed by atoms with E-state index in [-0.39, 0.29) is 23.3 Å². The summed E-state index contributed by atoms with van der Waals surface area (Å²) in [5, 5.41) is 8.89.